The van der Waals surface area contributed by atoms with E-state index in [0.717, 1.165) is 0 Å². The third-order valence-corrected chi connectivity index (χ3v) is 8.07. The van der Waals surface area contributed by atoms with Gasteiger partial charge in [0.2, 0.25) is 0 Å². The number of benzene rings is 2. The Bertz CT molecular complexity index is 1410. The molecule has 2 aromatic carbocycles. The van der Waals surface area contributed by atoms with Crippen molar-refractivity contribution in [3.8, 4) is 23.0 Å². The lowest BCUT2D eigenvalue weighted by atomic mass is 9.97. The summed E-state index contributed by atoms with van der Waals surface area (Å²) in [6.45, 7) is -5.32. The highest BCUT2D eigenvalue weighted by Gasteiger charge is 2.62. The summed E-state index contributed by atoms with van der Waals surface area (Å²) < 4.78 is 90.9. The molecule has 0 bridgehead atoms. The summed E-state index contributed by atoms with van der Waals surface area (Å²) in [7, 11) is 2.89. The van der Waals surface area contributed by atoms with Crippen molar-refractivity contribution in [1.82, 2.24) is 9.55 Å². The second-order valence-corrected chi connectivity index (χ2v) is 11.4. The number of ether oxygens (including phenoxy) is 3. The van der Waals surface area contributed by atoms with Gasteiger partial charge in [0.25, 0.3) is 6.43 Å². The Hall–Kier alpha value is -3.43. The van der Waals surface area contributed by atoms with Crippen molar-refractivity contribution in [2.75, 3.05) is 26.6 Å². The zero-order valence-corrected chi connectivity index (χ0v) is 23.1. The smallest absolute Gasteiger partial charge is 0.435 e. The van der Waals surface area contributed by atoms with Crippen LogP contribution < -0.4 is 29.9 Å². The number of rotatable bonds is 11. The molecule has 1 aliphatic rings. The summed E-state index contributed by atoms with van der Waals surface area (Å²) in [6.07, 6.45) is -10.6. The number of anilines is 1. The molecule has 1 saturated heterocycles. The summed E-state index contributed by atoms with van der Waals surface area (Å²) in [5.74, 6) is -0.861. The molecule has 0 unspecified atom stereocenters. The van der Waals surface area contributed by atoms with Gasteiger partial charge in [-0.3, -0.25) is 9.09 Å². The summed E-state index contributed by atoms with van der Waals surface area (Å²) in [6, 6.07) is 11.9. The van der Waals surface area contributed by atoms with Crippen molar-refractivity contribution in [3.63, 3.8) is 0 Å². The fourth-order valence-corrected chi connectivity index (χ4v) is 5.72. The lowest BCUT2D eigenvalue weighted by molar-refractivity contribution is -0.192. The fourth-order valence-electron chi connectivity index (χ4n) is 3.78. The maximum absolute atomic E-state index is 15.2. The molecular weight excluding hydrogens is 597 g/mol. The first kappa shape index (κ1) is 30.5. The molecule has 222 valence electrons. The van der Waals surface area contributed by atoms with Gasteiger partial charge < -0.3 is 34.1 Å². The van der Waals surface area contributed by atoms with Gasteiger partial charge in [-0.1, -0.05) is 0 Å². The van der Waals surface area contributed by atoms with Crippen molar-refractivity contribution < 1.29 is 50.5 Å². The van der Waals surface area contributed by atoms with E-state index in [1.807, 2.05) is 0 Å². The van der Waals surface area contributed by atoms with Gasteiger partial charge in [0.15, 0.2) is 29.6 Å². The number of aliphatic hydroxyl groups excluding tert-OH is 1. The highest BCUT2D eigenvalue weighted by atomic mass is 32.5. The molecule has 41 heavy (non-hydrogen) atoms. The number of nitrogens with two attached hydrogens (primary N) is 1. The van der Waals surface area contributed by atoms with Gasteiger partial charge in [0.1, 0.15) is 29.1 Å². The first-order valence-electron chi connectivity index (χ1n) is 11.7. The first-order chi connectivity index (χ1) is 19.4. The number of nitrogens with zero attached hydrogens (tertiary/aromatic N) is 2. The van der Waals surface area contributed by atoms with Gasteiger partial charge in [-0.25, -0.2) is 22.4 Å². The van der Waals surface area contributed by atoms with E-state index in [1.54, 1.807) is 0 Å². The Balaban J connectivity index is 1.65. The quantitative estimate of drug-likeness (QED) is 0.240. The Morgan fingerprint density at radius 3 is 2.02 bits per heavy atom. The topological polar surface area (TPSA) is 137 Å². The van der Waals surface area contributed by atoms with E-state index in [9.17, 15) is 23.1 Å². The standard InChI is InChI=1S/C24H24F4N3O8PS/c1-34-13-3-7-15(8-4-13)38-40(41,39-16-9-5-14(35-2)6-10-16)36-12-24(22(27)28)19(32)18(26)21(37-24)31-11-17(25)20(29)30-23(31)33/h3-11,18-19,21-22,32H,12H2,1-2H3,(H2,29,30,33)/t18-,19-,21+,24+/m0/s1. The van der Waals surface area contributed by atoms with Gasteiger partial charge in [0, 0.05) is 11.8 Å². The number of aromatic nitrogens is 2. The normalized spacial score (nSPS) is 22.5. The van der Waals surface area contributed by atoms with Crippen LogP contribution >= 0.6 is 6.72 Å². The molecule has 0 aliphatic carbocycles. The second-order valence-electron chi connectivity index (χ2n) is 8.57. The van der Waals surface area contributed by atoms with Crippen LogP contribution in [0.25, 0.3) is 0 Å². The van der Waals surface area contributed by atoms with E-state index in [0.29, 0.717) is 17.7 Å². The maximum Gasteiger partial charge on any atom is 0.435 e. The Morgan fingerprint density at radius 1 is 1.07 bits per heavy atom. The summed E-state index contributed by atoms with van der Waals surface area (Å²) in [5, 5.41) is 10.6. The predicted octanol–water partition coefficient (Wildman–Crippen LogP) is 3.61. The summed E-state index contributed by atoms with van der Waals surface area (Å²) >= 11 is 5.48. The molecule has 4 rings (SSSR count). The van der Waals surface area contributed by atoms with E-state index >= 15 is 4.39 Å². The largest absolute Gasteiger partial charge is 0.497 e. The Kier molecular flexibility index (Phi) is 9.09. The number of nitrogen functional groups attached to an aromatic ring is 1. The molecular formula is C24H24F4N3O8PS. The molecule has 17 heteroatoms. The first-order valence-corrected chi connectivity index (χ1v) is 14.2. The molecule has 1 aromatic heterocycles. The van der Waals surface area contributed by atoms with Crippen LogP contribution in [0.5, 0.6) is 23.0 Å². The maximum atomic E-state index is 15.2. The highest BCUT2D eigenvalue weighted by molar-refractivity contribution is 8.07. The van der Waals surface area contributed by atoms with Crippen LogP contribution in [0.15, 0.2) is 59.5 Å². The van der Waals surface area contributed by atoms with Crippen molar-refractivity contribution in [3.05, 3.63) is 71.0 Å². The molecule has 11 nitrogen and oxygen atoms in total. The molecule has 0 saturated carbocycles. The number of alkyl halides is 3. The van der Waals surface area contributed by atoms with Gasteiger partial charge >= 0.3 is 12.4 Å². The highest BCUT2D eigenvalue weighted by Crippen LogP contribution is 2.53. The molecule has 3 N–H and O–H groups in total. The summed E-state index contributed by atoms with van der Waals surface area (Å²) in [4.78, 5) is 15.4. The van der Waals surface area contributed by atoms with Crippen LogP contribution in [-0.2, 0) is 21.1 Å². The molecule has 0 amide bonds. The number of hydrogen-bond donors (Lipinski definition) is 2. The molecule has 4 atom stereocenters. The molecule has 1 aliphatic heterocycles. The van der Waals surface area contributed by atoms with E-state index in [2.05, 4.69) is 4.98 Å². The van der Waals surface area contributed by atoms with E-state index in [4.69, 9.17) is 45.3 Å². The van der Waals surface area contributed by atoms with Crippen LogP contribution in [0.2, 0.25) is 0 Å². The van der Waals surface area contributed by atoms with E-state index < -0.39 is 61.2 Å². The van der Waals surface area contributed by atoms with Gasteiger partial charge in [-0.15, -0.1) is 0 Å². The molecule has 0 spiro atoms. The zero-order chi connectivity index (χ0) is 29.9. The lowest BCUT2D eigenvalue weighted by Crippen LogP contribution is -2.52. The average Bonchev–Trinajstić information content (AvgIpc) is 3.21. The SMILES string of the molecule is COc1ccc(OP(=S)(OC[C@@]2(C(F)F)O[C@@H](n3cc(F)c(N)nc3=O)[C@@H](F)[C@@H]2O)Oc2ccc(OC)cc2)cc1. The fraction of sp³-hybridized carbons (Fsp3) is 0.333. The van der Waals surface area contributed by atoms with Crippen molar-refractivity contribution in [2.24, 2.45) is 0 Å². The predicted molar refractivity (Wildman–Crippen MR) is 140 cm³/mol. The minimum absolute atomic E-state index is 0.109. The molecule has 0 radical (unpaired) electrons. The van der Waals surface area contributed by atoms with Crippen LogP contribution in [-0.4, -0.2) is 59.8 Å². The monoisotopic (exact) mass is 621 g/mol. The van der Waals surface area contributed by atoms with Crippen molar-refractivity contribution in [2.45, 2.75) is 30.5 Å². The Labute approximate surface area is 235 Å². The van der Waals surface area contributed by atoms with Crippen LogP contribution in [0.3, 0.4) is 0 Å². The lowest BCUT2D eigenvalue weighted by Gasteiger charge is -2.32. The zero-order valence-electron chi connectivity index (χ0n) is 21.4. The van der Waals surface area contributed by atoms with Gasteiger partial charge in [-0.05, 0) is 48.5 Å². The second kappa shape index (κ2) is 12.2. The molecule has 3 aromatic rings. The van der Waals surface area contributed by atoms with Gasteiger partial charge in [0.05, 0.1) is 27.0 Å². The van der Waals surface area contributed by atoms with Crippen LogP contribution in [0.4, 0.5) is 23.4 Å². The molecule has 1 fully saturated rings. The number of methoxy groups -OCH3 is 2. The molecule has 2 heterocycles. The van der Waals surface area contributed by atoms with Crippen molar-refractivity contribution in [1.29, 1.82) is 0 Å². The number of aliphatic hydroxyl groups is 1. The Morgan fingerprint density at radius 2 is 1.56 bits per heavy atom. The van der Waals surface area contributed by atoms with Crippen LogP contribution in [0.1, 0.15) is 6.23 Å². The third-order valence-electron chi connectivity index (χ3n) is 5.99. The van der Waals surface area contributed by atoms with E-state index in [-0.39, 0.29) is 16.1 Å². The van der Waals surface area contributed by atoms with Crippen molar-refractivity contribution >= 4 is 24.3 Å². The number of hydrogen-bond acceptors (Lipinski definition) is 11. The van der Waals surface area contributed by atoms with Crippen LogP contribution in [0, 0.1) is 5.82 Å². The number of halogens is 4. The van der Waals surface area contributed by atoms with E-state index in [1.165, 1.54) is 62.8 Å². The average molecular weight is 622 g/mol. The van der Waals surface area contributed by atoms with Gasteiger partial charge in [-0.2, -0.15) is 4.98 Å². The third kappa shape index (κ3) is 6.41. The minimum atomic E-state index is -4.06. The summed E-state index contributed by atoms with van der Waals surface area (Å²) in [5.41, 5.74) is 0.847. The minimum Gasteiger partial charge on any atom is -0.497 e.